The maximum atomic E-state index is 12.4. The second kappa shape index (κ2) is 9.31. The van der Waals surface area contributed by atoms with E-state index in [1.165, 1.54) is 0 Å². The number of benzene rings is 1. The number of carbonyl (C=O) groups excluding carboxylic acids is 1. The molecule has 0 radical (unpaired) electrons. The third-order valence-electron chi connectivity index (χ3n) is 4.61. The number of nitrogens with one attached hydrogen (secondary N) is 1. The molecule has 1 aliphatic heterocycles. The van der Waals surface area contributed by atoms with Gasteiger partial charge in [-0.3, -0.25) is 4.79 Å². The van der Waals surface area contributed by atoms with Crippen LogP contribution in [-0.2, 0) is 4.79 Å². The van der Waals surface area contributed by atoms with Crippen molar-refractivity contribution in [2.24, 2.45) is 5.92 Å². The fourth-order valence-corrected chi connectivity index (χ4v) is 2.91. The summed E-state index contributed by atoms with van der Waals surface area (Å²) in [4.78, 5) is 24.9. The van der Waals surface area contributed by atoms with Crippen LogP contribution >= 0.6 is 0 Å². The van der Waals surface area contributed by atoms with Crippen molar-refractivity contribution in [2.45, 2.75) is 39.2 Å². The van der Waals surface area contributed by atoms with Crippen LogP contribution in [-0.4, -0.2) is 48.8 Å². The highest BCUT2D eigenvalue weighted by Gasteiger charge is 2.31. The summed E-state index contributed by atoms with van der Waals surface area (Å²) in [7, 11) is 1.59. The number of carboxylic acids is 1. The molecule has 26 heavy (non-hydrogen) atoms. The second-order valence-corrected chi connectivity index (χ2v) is 6.55. The molecule has 7 nitrogen and oxygen atoms in total. The van der Waals surface area contributed by atoms with Gasteiger partial charge in [0, 0.05) is 13.1 Å². The molecule has 2 atom stereocenters. The Morgan fingerprint density at radius 1 is 1.38 bits per heavy atom. The lowest BCUT2D eigenvalue weighted by Gasteiger charge is -2.22. The van der Waals surface area contributed by atoms with E-state index in [2.05, 4.69) is 12.2 Å². The number of methoxy groups -OCH3 is 1. The average Bonchev–Trinajstić information content (AvgIpc) is 3.12. The van der Waals surface area contributed by atoms with Gasteiger partial charge in [-0.25, -0.2) is 4.79 Å². The molecule has 7 heteroatoms. The lowest BCUT2D eigenvalue weighted by Crippen LogP contribution is -2.40. The molecule has 1 heterocycles. The molecule has 1 saturated heterocycles. The van der Waals surface area contributed by atoms with Crippen molar-refractivity contribution in [1.29, 1.82) is 0 Å². The van der Waals surface area contributed by atoms with Crippen molar-refractivity contribution in [1.82, 2.24) is 10.2 Å². The van der Waals surface area contributed by atoms with Gasteiger partial charge in [0.05, 0.1) is 25.7 Å². The zero-order valence-electron chi connectivity index (χ0n) is 15.7. The number of nitrogens with zero attached hydrogens (tertiary/aromatic N) is 1. The first kappa shape index (κ1) is 19.9. The lowest BCUT2D eigenvalue weighted by atomic mass is 10.1. The molecule has 0 aromatic heterocycles. The van der Waals surface area contributed by atoms with E-state index in [9.17, 15) is 9.59 Å². The van der Waals surface area contributed by atoms with E-state index in [-0.39, 0.29) is 18.6 Å². The van der Waals surface area contributed by atoms with Gasteiger partial charge in [-0.2, -0.15) is 0 Å². The summed E-state index contributed by atoms with van der Waals surface area (Å²) in [6.07, 6.45) is 2.53. The Kier molecular flexibility index (Phi) is 7.12. The number of amides is 2. The van der Waals surface area contributed by atoms with Crippen molar-refractivity contribution in [3.8, 4) is 11.5 Å². The zero-order valence-corrected chi connectivity index (χ0v) is 15.7. The van der Waals surface area contributed by atoms with Crippen LogP contribution in [0, 0.1) is 5.92 Å². The first-order valence-electron chi connectivity index (χ1n) is 9.05. The number of hydrogen-bond acceptors (Lipinski definition) is 4. The number of carbonyl (C=O) groups is 2. The highest BCUT2D eigenvalue weighted by atomic mass is 16.5. The minimum Gasteiger partial charge on any atom is -0.493 e. The molecule has 2 N–H and O–H groups in total. The van der Waals surface area contributed by atoms with Crippen molar-refractivity contribution >= 4 is 12.0 Å². The van der Waals surface area contributed by atoms with Gasteiger partial charge in [0.2, 0.25) is 0 Å². The number of rotatable bonds is 8. The van der Waals surface area contributed by atoms with Crippen LogP contribution in [0.25, 0.3) is 0 Å². The molecule has 0 aliphatic carbocycles. The Labute approximate surface area is 154 Å². The van der Waals surface area contributed by atoms with Crippen LogP contribution in [0.15, 0.2) is 18.2 Å². The molecule has 1 aliphatic rings. The van der Waals surface area contributed by atoms with E-state index < -0.39 is 11.9 Å². The number of unbranched alkanes of at least 4 members (excludes halogenated alkanes) is 1. The van der Waals surface area contributed by atoms with Crippen molar-refractivity contribution in [3.05, 3.63) is 23.8 Å². The molecule has 2 unspecified atom stereocenters. The molecule has 0 spiro atoms. The predicted octanol–water partition coefficient (Wildman–Crippen LogP) is 3.05. The first-order valence-corrected chi connectivity index (χ1v) is 9.05. The quantitative estimate of drug-likeness (QED) is 0.692. The molecule has 1 aromatic rings. The maximum Gasteiger partial charge on any atom is 0.317 e. The van der Waals surface area contributed by atoms with Crippen molar-refractivity contribution in [2.75, 3.05) is 26.8 Å². The van der Waals surface area contributed by atoms with Gasteiger partial charge in [-0.05, 0) is 37.5 Å². The van der Waals surface area contributed by atoms with Crippen LogP contribution in [0.1, 0.15) is 44.7 Å². The summed E-state index contributed by atoms with van der Waals surface area (Å²) in [5, 5.41) is 12.0. The lowest BCUT2D eigenvalue weighted by molar-refractivity contribution is -0.141. The molecule has 1 aromatic carbocycles. The van der Waals surface area contributed by atoms with Gasteiger partial charge in [0.15, 0.2) is 11.5 Å². The maximum absolute atomic E-state index is 12.4. The van der Waals surface area contributed by atoms with Gasteiger partial charge < -0.3 is 24.8 Å². The van der Waals surface area contributed by atoms with E-state index in [0.717, 1.165) is 18.4 Å². The number of carboxylic acid groups (broad SMARTS) is 1. The molecule has 144 valence electrons. The van der Waals surface area contributed by atoms with E-state index in [4.69, 9.17) is 14.6 Å². The van der Waals surface area contributed by atoms with Crippen LogP contribution in [0.5, 0.6) is 11.5 Å². The summed E-state index contributed by atoms with van der Waals surface area (Å²) in [6, 6.07) is 5.13. The minimum atomic E-state index is -0.850. The smallest absolute Gasteiger partial charge is 0.317 e. The zero-order chi connectivity index (χ0) is 19.1. The Morgan fingerprint density at radius 2 is 2.15 bits per heavy atom. The molecule has 2 rings (SSSR count). The first-order chi connectivity index (χ1) is 12.5. The van der Waals surface area contributed by atoms with Gasteiger partial charge in [0.25, 0.3) is 0 Å². The Balaban J connectivity index is 1.97. The van der Waals surface area contributed by atoms with Gasteiger partial charge in [-0.15, -0.1) is 0 Å². The van der Waals surface area contributed by atoms with Crippen molar-refractivity contribution in [3.63, 3.8) is 0 Å². The molecule has 1 fully saturated rings. The molecule has 0 bridgehead atoms. The number of ether oxygens (including phenoxy) is 2. The van der Waals surface area contributed by atoms with Crippen LogP contribution < -0.4 is 14.8 Å². The molecular formula is C19H28N2O5. The predicted molar refractivity (Wildman–Crippen MR) is 97.7 cm³/mol. The van der Waals surface area contributed by atoms with E-state index in [1.807, 2.05) is 25.1 Å². The van der Waals surface area contributed by atoms with Gasteiger partial charge >= 0.3 is 12.0 Å². The SMILES string of the molecule is CCCCOc1ccc(C(C)NC(=O)N2CCC(C(=O)O)C2)cc1OC. The number of hydrogen-bond donors (Lipinski definition) is 2. The number of urea groups is 1. The van der Waals surface area contributed by atoms with Gasteiger partial charge in [-0.1, -0.05) is 19.4 Å². The highest BCUT2D eigenvalue weighted by molar-refractivity contribution is 5.77. The fraction of sp³-hybridized carbons (Fsp3) is 0.579. The summed E-state index contributed by atoms with van der Waals surface area (Å²) in [5.74, 6) is -0.00802. The highest BCUT2D eigenvalue weighted by Crippen LogP contribution is 2.30. The Hall–Kier alpha value is -2.44. The fourth-order valence-electron chi connectivity index (χ4n) is 2.91. The van der Waals surface area contributed by atoms with E-state index >= 15 is 0 Å². The summed E-state index contributed by atoms with van der Waals surface area (Å²) in [5.41, 5.74) is 0.895. The van der Waals surface area contributed by atoms with Gasteiger partial charge in [0.1, 0.15) is 0 Å². The molecular weight excluding hydrogens is 336 g/mol. The van der Waals surface area contributed by atoms with Crippen LogP contribution in [0.2, 0.25) is 0 Å². The van der Waals surface area contributed by atoms with Crippen molar-refractivity contribution < 1.29 is 24.2 Å². The largest absolute Gasteiger partial charge is 0.493 e. The summed E-state index contributed by atoms with van der Waals surface area (Å²) in [6.45, 7) is 5.34. The Bertz CT molecular complexity index is 634. The number of aliphatic carboxylic acids is 1. The Morgan fingerprint density at radius 3 is 2.77 bits per heavy atom. The number of likely N-dealkylation sites (tertiary alicyclic amines) is 1. The standard InChI is InChI=1S/C19H28N2O5/c1-4-5-10-26-16-7-6-14(11-17(16)25-3)13(2)20-19(24)21-9-8-15(12-21)18(22)23/h6-7,11,13,15H,4-5,8-10,12H2,1-3H3,(H,20,24)(H,22,23). The topological polar surface area (TPSA) is 88.1 Å². The van der Waals surface area contributed by atoms with E-state index in [1.54, 1.807) is 12.0 Å². The third kappa shape index (κ3) is 5.03. The normalized spacial score (nSPS) is 17.7. The second-order valence-electron chi connectivity index (χ2n) is 6.55. The third-order valence-corrected chi connectivity index (χ3v) is 4.61. The van der Waals surface area contributed by atoms with E-state index in [0.29, 0.717) is 31.1 Å². The minimum absolute atomic E-state index is 0.232. The molecule has 2 amide bonds. The molecule has 0 saturated carbocycles. The average molecular weight is 364 g/mol. The summed E-state index contributed by atoms with van der Waals surface area (Å²) >= 11 is 0. The van der Waals surface area contributed by atoms with Crippen LogP contribution in [0.4, 0.5) is 4.79 Å². The van der Waals surface area contributed by atoms with Crippen LogP contribution in [0.3, 0.4) is 0 Å². The summed E-state index contributed by atoms with van der Waals surface area (Å²) < 4.78 is 11.1. The monoisotopic (exact) mass is 364 g/mol.